The molecule has 2 aromatic carbocycles. The molecule has 2 aliphatic heterocycles. The number of hydrogen-bond donors (Lipinski definition) is 4. The van der Waals surface area contributed by atoms with Gasteiger partial charge >= 0.3 is 6.09 Å². The number of aryl methyl sites for hydroxylation is 1. The number of benzene rings is 2. The Labute approximate surface area is 296 Å². The number of amides is 1. The summed E-state index contributed by atoms with van der Waals surface area (Å²) in [7, 11) is -4.18. The lowest BCUT2D eigenvalue weighted by atomic mass is 10.0. The van der Waals surface area contributed by atoms with E-state index in [-0.39, 0.29) is 55.3 Å². The molecule has 2 unspecified atom stereocenters. The van der Waals surface area contributed by atoms with Crippen molar-refractivity contribution < 1.29 is 37.6 Å². The molecule has 15 heteroatoms. The number of sulfonamides is 1. The number of nitrogens with one attached hydrogen (secondary N) is 2. The van der Waals surface area contributed by atoms with Crippen molar-refractivity contribution in [3.05, 3.63) is 83.4 Å². The number of rotatable bonds is 14. The Morgan fingerprint density at radius 2 is 1.96 bits per heavy atom. The number of aromatic nitrogens is 3. The van der Waals surface area contributed by atoms with Gasteiger partial charge in [-0.15, -0.1) is 0 Å². The maximum atomic E-state index is 14.3. The van der Waals surface area contributed by atoms with Crippen LogP contribution in [0.4, 0.5) is 4.79 Å². The first-order valence-electron chi connectivity index (χ1n) is 17.0. The zero-order valence-corrected chi connectivity index (χ0v) is 29.6. The zero-order valence-electron chi connectivity index (χ0n) is 28.8. The number of carbonyl (C=O) groups excluding carboxylic acids is 1. The van der Waals surface area contributed by atoms with Gasteiger partial charge in [0.1, 0.15) is 6.10 Å². The van der Waals surface area contributed by atoms with Crippen molar-refractivity contribution in [2.24, 2.45) is 16.8 Å². The average molecular weight is 721 g/mol. The summed E-state index contributed by atoms with van der Waals surface area (Å²) in [6.45, 7) is 6.37. The molecule has 4 N–H and O–H groups in total. The molecular weight excluding hydrogens is 676 g/mol. The van der Waals surface area contributed by atoms with E-state index in [1.165, 1.54) is 22.7 Å². The van der Waals surface area contributed by atoms with Gasteiger partial charge in [-0.1, -0.05) is 44.2 Å². The molecule has 0 aliphatic carbocycles. The number of aliphatic imine (C=N–C) groups is 1. The highest BCUT2D eigenvalue weighted by atomic mass is 32.2. The number of fused-ring (bicyclic) bond motifs is 2. The van der Waals surface area contributed by atoms with Crippen LogP contribution in [0.3, 0.4) is 0 Å². The molecule has 0 bridgehead atoms. The van der Waals surface area contributed by atoms with Crippen LogP contribution in [0.5, 0.6) is 5.88 Å². The van der Waals surface area contributed by atoms with Crippen LogP contribution in [0.25, 0.3) is 10.9 Å². The van der Waals surface area contributed by atoms with Crippen LogP contribution in [0.15, 0.2) is 70.8 Å². The Bertz CT molecular complexity index is 1940. The van der Waals surface area contributed by atoms with Crippen molar-refractivity contribution in [2.45, 2.75) is 69.6 Å². The first-order valence-corrected chi connectivity index (χ1v) is 18.5. The fraction of sp³-hybridized carbons (Fsp3) is 0.444. The first-order chi connectivity index (χ1) is 24.5. The van der Waals surface area contributed by atoms with Crippen molar-refractivity contribution in [3.63, 3.8) is 0 Å². The van der Waals surface area contributed by atoms with Crippen molar-refractivity contribution in [3.8, 4) is 5.88 Å². The quantitative estimate of drug-likeness (QED) is 0.140. The third-order valence-corrected chi connectivity index (χ3v) is 10.8. The maximum absolute atomic E-state index is 14.3. The molecule has 2 fully saturated rings. The molecule has 0 saturated carbocycles. The van der Waals surface area contributed by atoms with E-state index in [4.69, 9.17) is 14.2 Å². The van der Waals surface area contributed by atoms with Gasteiger partial charge in [0.15, 0.2) is 12.2 Å². The molecular formula is C36H44N6O8S. The van der Waals surface area contributed by atoms with Crippen LogP contribution in [0, 0.1) is 18.8 Å². The van der Waals surface area contributed by atoms with Gasteiger partial charge in [0, 0.05) is 36.4 Å². The number of alkyl carbamates (subject to hydrolysis) is 1. The van der Waals surface area contributed by atoms with Crippen molar-refractivity contribution in [1.29, 1.82) is 0 Å². The van der Waals surface area contributed by atoms with E-state index < -0.39 is 40.7 Å². The second kappa shape index (κ2) is 15.9. The lowest BCUT2D eigenvalue weighted by Crippen LogP contribution is -2.51. The summed E-state index contributed by atoms with van der Waals surface area (Å²) in [5, 5.41) is 25.6. The van der Waals surface area contributed by atoms with Crippen LogP contribution in [0.1, 0.15) is 42.8 Å². The molecule has 1 amide bonds. The van der Waals surface area contributed by atoms with Gasteiger partial charge in [0.25, 0.3) is 0 Å². The third kappa shape index (κ3) is 8.73. The average Bonchev–Trinajstić information content (AvgIpc) is 3.80. The van der Waals surface area contributed by atoms with Crippen molar-refractivity contribution in [1.82, 2.24) is 24.6 Å². The maximum Gasteiger partial charge on any atom is 0.407 e. The van der Waals surface area contributed by atoms with E-state index in [0.29, 0.717) is 35.2 Å². The molecule has 272 valence electrons. The second-order valence-electron chi connectivity index (χ2n) is 13.4. The fourth-order valence-electron chi connectivity index (χ4n) is 6.38. The van der Waals surface area contributed by atoms with Gasteiger partial charge in [-0.05, 0) is 49.4 Å². The van der Waals surface area contributed by atoms with E-state index >= 15 is 0 Å². The lowest BCUT2D eigenvalue weighted by molar-refractivity contribution is -0.0907. The molecule has 6 rings (SSSR count). The summed E-state index contributed by atoms with van der Waals surface area (Å²) in [6, 6.07) is 13.0. The normalized spacial score (nSPS) is 20.3. The Morgan fingerprint density at radius 1 is 1.16 bits per heavy atom. The van der Waals surface area contributed by atoms with Crippen LogP contribution >= 0.6 is 0 Å². The predicted octanol–water partition coefficient (Wildman–Crippen LogP) is 3.70. The number of H-pyrrole nitrogens is 1. The molecule has 4 aromatic rings. The molecule has 2 saturated heterocycles. The zero-order chi connectivity index (χ0) is 36.1. The molecule has 2 aromatic heterocycles. The highest BCUT2D eigenvalue weighted by molar-refractivity contribution is 7.89. The Hall–Kier alpha value is -4.41. The monoisotopic (exact) mass is 720 g/mol. The summed E-state index contributed by atoms with van der Waals surface area (Å²) in [5.41, 5.74) is 3.11. The number of nitrogens with zero attached hydrogens (tertiary/aromatic N) is 4. The number of aromatic amines is 1. The lowest BCUT2D eigenvalue weighted by Gasteiger charge is -2.31. The van der Waals surface area contributed by atoms with Crippen molar-refractivity contribution >= 4 is 33.2 Å². The van der Waals surface area contributed by atoms with Crippen LogP contribution in [-0.4, -0.2) is 101 Å². The minimum Gasteiger partial charge on any atom is -0.494 e. The summed E-state index contributed by atoms with van der Waals surface area (Å²) in [6.07, 6.45) is 2.77. The Kier molecular flexibility index (Phi) is 11.3. The van der Waals surface area contributed by atoms with E-state index in [9.17, 15) is 23.4 Å². The second-order valence-corrected chi connectivity index (χ2v) is 15.3. The first kappa shape index (κ1) is 36.4. The summed E-state index contributed by atoms with van der Waals surface area (Å²) >= 11 is 0. The fourth-order valence-corrected chi connectivity index (χ4v) is 8.03. The minimum atomic E-state index is -4.18. The van der Waals surface area contributed by atoms with Gasteiger partial charge in [0.2, 0.25) is 10.0 Å². The van der Waals surface area contributed by atoms with Gasteiger partial charge < -0.3 is 34.7 Å². The number of aromatic hydroxyl groups is 1. The van der Waals surface area contributed by atoms with Crippen LogP contribution < -0.4 is 5.32 Å². The highest BCUT2D eigenvalue weighted by Gasteiger charge is 2.44. The molecule has 14 nitrogen and oxygen atoms in total. The summed E-state index contributed by atoms with van der Waals surface area (Å²) < 4.78 is 46.7. The molecule has 0 radical (unpaired) electrons. The third-order valence-electron chi connectivity index (χ3n) is 9.00. The molecule has 51 heavy (non-hydrogen) atoms. The summed E-state index contributed by atoms with van der Waals surface area (Å²) in [5.74, 6) is -0.308. The van der Waals surface area contributed by atoms with E-state index in [2.05, 4.69) is 25.3 Å². The molecule has 5 atom stereocenters. The number of carbonyl (C=O) groups is 1. The van der Waals surface area contributed by atoms with Gasteiger partial charge in [0.05, 0.1) is 65.9 Å². The predicted molar refractivity (Wildman–Crippen MR) is 189 cm³/mol. The van der Waals surface area contributed by atoms with Gasteiger partial charge in [-0.2, -0.15) is 4.31 Å². The van der Waals surface area contributed by atoms with Crippen LogP contribution in [0.2, 0.25) is 0 Å². The molecule has 0 spiro atoms. The number of aliphatic hydroxyl groups excluding tert-OH is 1. The van der Waals surface area contributed by atoms with Gasteiger partial charge in [-0.3, -0.25) is 15.0 Å². The smallest absolute Gasteiger partial charge is 0.407 e. The standard InChI is InChI=1S/C36H44N6O8S/c1-22(2)19-42(20-32(43)31(13-24-7-5-4-6-8-24)41-36(45)50-33-21-49-35-27(33)11-12-48-35)51(46,47)26-9-10-30-28(14-26)29(34(44)40-30)18-37-16-25-17-38-23(3)15-39-25/h4-10,14-15,17-18,22,27,31-33,35,40,43-44H,11-13,16,19-21H2,1-3H3,(H,41,45)/t27?,31-,32+,33-,35?/m0/s1. The molecule has 4 heterocycles. The Balaban J connectivity index is 1.22. The van der Waals surface area contributed by atoms with Crippen molar-refractivity contribution in [2.75, 3.05) is 26.3 Å². The Morgan fingerprint density at radius 3 is 2.71 bits per heavy atom. The number of hydrogen-bond acceptors (Lipinski definition) is 11. The molecule has 2 aliphatic rings. The number of aliphatic hydroxyl groups is 1. The largest absolute Gasteiger partial charge is 0.494 e. The number of ether oxygens (including phenoxy) is 3. The SMILES string of the molecule is Cc1cnc(CN=Cc2c(O)[nH]c3ccc(S(=O)(=O)N(CC(C)C)C[C@@H](O)[C@H](Cc4ccccc4)NC(=O)O[C@H]4COC5OCCC54)cc23)cn1. The van der Waals surface area contributed by atoms with E-state index in [1.807, 2.05) is 51.1 Å². The highest BCUT2D eigenvalue weighted by Crippen LogP contribution is 2.33. The summed E-state index contributed by atoms with van der Waals surface area (Å²) in [4.78, 5) is 28.9. The van der Waals surface area contributed by atoms with E-state index in [1.54, 1.807) is 18.5 Å². The van der Waals surface area contributed by atoms with Crippen LogP contribution in [-0.2, 0) is 37.2 Å². The minimum absolute atomic E-state index is 0.0255. The topological polar surface area (TPSA) is 189 Å². The van der Waals surface area contributed by atoms with E-state index in [0.717, 1.165) is 11.3 Å². The van der Waals surface area contributed by atoms with Gasteiger partial charge in [-0.25, -0.2) is 13.2 Å².